The summed E-state index contributed by atoms with van der Waals surface area (Å²) in [5.74, 6) is 3.50. The number of piperazine rings is 1. The van der Waals surface area contributed by atoms with E-state index in [0.717, 1.165) is 22.8 Å². The molecule has 9 heteroatoms. The molecule has 3 aromatic rings. The second-order valence-corrected chi connectivity index (χ2v) is 8.08. The fraction of sp³-hybridized carbons (Fsp3) is 0.320. The van der Waals surface area contributed by atoms with Gasteiger partial charge in [-0.1, -0.05) is 0 Å². The van der Waals surface area contributed by atoms with E-state index in [1.165, 1.54) is 0 Å². The zero-order chi connectivity index (χ0) is 23.5. The van der Waals surface area contributed by atoms with Crippen molar-refractivity contribution >= 4 is 11.7 Å². The number of amides is 1. The van der Waals surface area contributed by atoms with Crippen molar-refractivity contribution in [2.24, 2.45) is 0 Å². The van der Waals surface area contributed by atoms with E-state index in [9.17, 15) is 4.79 Å². The molecule has 1 unspecified atom stereocenters. The number of ether oxygens (including phenoxy) is 4. The van der Waals surface area contributed by atoms with Crippen molar-refractivity contribution in [1.29, 1.82) is 0 Å². The quantitative estimate of drug-likeness (QED) is 0.553. The Morgan fingerprint density at radius 1 is 0.941 bits per heavy atom. The summed E-state index contributed by atoms with van der Waals surface area (Å²) in [7, 11) is 1.65. The molecule has 2 aromatic carbocycles. The van der Waals surface area contributed by atoms with Gasteiger partial charge < -0.3 is 28.7 Å². The van der Waals surface area contributed by atoms with Gasteiger partial charge in [0.25, 0.3) is 5.91 Å². The highest BCUT2D eigenvalue weighted by Gasteiger charge is 2.27. The molecule has 34 heavy (non-hydrogen) atoms. The number of benzene rings is 2. The van der Waals surface area contributed by atoms with Gasteiger partial charge in [-0.3, -0.25) is 4.79 Å². The summed E-state index contributed by atoms with van der Waals surface area (Å²) >= 11 is 0. The zero-order valence-corrected chi connectivity index (χ0v) is 19.1. The number of rotatable bonds is 6. The number of hydrogen-bond acceptors (Lipinski definition) is 8. The molecule has 1 aromatic heterocycles. The first kappa shape index (κ1) is 21.8. The molecule has 3 heterocycles. The second kappa shape index (κ2) is 9.46. The third-order valence-corrected chi connectivity index (χ3v) is 5.96. The lowest BCUT2D eigenvalue weighted by molar-refractivity contribution is -0.138. The van der Waals surface area contributed by atoms with Crippen molar-refractivity contribution in [3.8, 4) is 34.3 Å². The Bertz CT molecular complexity index is 1160. The molecule has 2 aliphatic heterocycles. The Hall–Kier alpha value is -4.01. The van der Waals surface area contributed by atoms with Crippen LogP contribution in [0.1, 0.15) is 6.92 Å². The molecule has 2 aliphatic rings. The number of hydrogen-bond donors (Lipinski definition) is 0. The SMILES string of the molecule is COc1ccc(-c2cc(N3CCN(C(=O)C(C)Oc4ccc5c(c4)OCO5)CC3)ncn2)cc1. The number of fused-ring (bicyclic) bond motifs is 1. The summed E-state index contributed by atoms with van der Waals surface area (Å²) < 4.78 is 21.8. The number of methoxy groups -OCH3 is 1. The Morgan fingerprint density at radius 2 is 1.68 bits per heavy atom. The van der Waals surface area contributed by atoms with Gasteiger partial charge in [-0.2, -0.15) is 0 Å². The third kappa shape index (κ3) is 4.54. The van der Waals surface area contributed by atoms with Crippen LogP contribution in [0.5, 0.6) is 23.0 Å². The van der Waals surface area contributed by atoms with Gasteiger partial charge in [0.2, 0.25) is 6.79 Å². The zero-order valence-electron chi connectivity index (χ0n) is 19.1. The lowest BCUT2D eigenvalue weighted by atomic mass is 10.1. The van der Waals surface area contributed by atoms with E-state index >= 15 is 0 Å². The summed E-state index contributed by atoms with van der Waals surface area (Å²) in [5.41, 5.74) is 1.84. The first-order valence-corrected chi connectivity index (χ1v) is 11.2. The predicted octanol–water partition coefficient (Wildman–Crippen LogP) is 3.00. The minimum Gasteiger partial charge on any atom is -0.497 e. The predicted molar refractivity (Wildman–Crippen MR) is 125 cm³/mol. The number of aromatic nitrogens is 2. The first-order chi connectivity index (χ1) is 16.6. The maximum absolute atomic E-state index is 13.0. The van der Waals surface area contributed by atoms with E-state index in [1.807, 2.05) is 35.2 Å². The molecule has 176 valence electrons. The minimum absolute atomic E-state index is 0.0427. The highest BCUT2D eigenvalue weighted by molar-refractivity contribution is 5.81. The Morgan fingerprint density at radius 3 is 2.44 bits per heavy atom. The van der Waals surface area contributed by atoms with Crippen LogP contribution in [0.15, 0.2) is 54.9 Å². The van der Waals surface area contributed by atoms with Crippen LogP contribution in [0.2, 0.25) is 0 Å². The van der Waals surface area contributed by atoms with Crippen LogP contribution in [-0.4, -0.2) is 67.0 Å². The minimum atomic E-state index is -0.604. The van der Waals surface area contributed by atoms with Crippen LogP contribution in [0.3, 0.4) is 0 Å². The molecule has 1 atom stereocenters. The lowest BCUT2D eigenvalue weighted by Gasteiger charge is -2.36. The van der Waals surface area contributed by atoms with E-state index in [1.54, 1.807) is 38.6 Å². The van der Waals surface area contributed by atoms with Gasteiger partial charge in [-0.15, -0.1) is 0 Å². The molecular formula is C25H26N4O5. The molecule has 0 N–H and O–H groups in total. The first-order valence-electron chi connectivity index (χ1n) is 11.2. The van der Waals surface area contributed by atoms with Crippen LogP contribution >= 0.6 is 0 Å². The number of carbonyl (C=O) groups is 1. The maximum Gasteiger partial charge on any atom is 0.263 e. The summed E-state index contributed by atoms with van der Waals surface area (Å²) in [5, 5.41) is 0. The summed E-state index contributed by atoms with van der Waals surface area (Å²) in [6.07, 6.45) is 0.973. The van der Waals surface area contributed by atoms with Gasteiger partial charge in [0, 0.05) is 43.9 Å². The van der Waals surface area contributed by atoms with Gasteiger partial charge in [-0.25, -0.2) is 9.97 Å². The lowest BCUT2D eigenvalue weighted by Crippen LogP contribution is -2.52. The molecule has 0 spiro atoms. The van der Waals surface area contributed by atoms with E-state index in [-0.39, 0.29) is 12.7 Å². The van der Waals surface area contributed by atoms with Crippen molar-refractivity contribution < 1.29 is 23.7 Å². The molecule has 0 saturated carbocycles. The van der Waals surface area contributed by atoms with Crippen LogP contribution in [0.25, 0.3) is 11.3 Å². The molecule has 5 rings (SSSR count). The normalized spacial score (nSPS) is 15.7. The molecule has 0 radical (unpaired) electrons. The molecule has 1 fully saturated rings. The fourth-order valence-corrected chi connectivity index (χ4v) is 4.06. The Kier molecular flexibility index (Phi) is 6.07. The van der Waals surface area contributed by atoms with Crippen LogP contribution < -0.4 is 23.8 Å². The third-order valence-electron chi connectivity index (χ3n) is 5.96. The number of carbonyl (C=O) groups excluding carboxylic acids is 1. The summed E-state index contributed by atoms with van der Waals surface area (Å²) in [4.78, 5) is 25.8. The van der Waals surface area contributed by atoms with Crippen LogP contribution in [0, 0.1) is 0 Å². The average Bonchev–Trinajstić information content (AvgIpc) is 3.36. The standard InChI is InChI=1S/C25H26N4O5/c1-17(34-20-7-8-22-23(13-20)33-16-32-22)25(30)29-11-9-28(10-12-29)24-14-21(26-15-27-24)18-3-5-19(31-2)6-4-18/h3-8,13-15,17H,9-12,16H2,1-2H3. The van der Waals surface area contributed by atoms with Crippen molar-refractivity contribution in [3.05, 3.63) is 54.9 Å². The van der Waals surface area contributed by atoms with E-state index in [4.69, 9.17) is 18.9 Å². The molecule has 1 amide bonds. The van der Waals surface area contributed by atoms with Crippen LogP contribution in [-0.2, 0) is 4.79 Å². The highest BCUT2D eigenvalue weighted by atomic mass is 16.7. The van der Waals surface area contributed by atoms with E-state index < -0.39 is 6.10 Å². The largest absolute Gasteiger partial charge is 0.497 e. The molecule has 0 bridgehead atoms. The fourth-order valence-electron chi connectivity index (χ4n) is 4.06. The van der Waals surface area contributed by atoms with E-state index in [0.29, 0.717) is 43.4 Å². The molecule has 9 nitrogen and oxygen atoms in total. The van der Waals surface area contributed by atoms with Gasteiger partial charge in [0.15, 0.2) is 17.6 Å². The topological polar surface area (TPSA) is 86.3 Å². The molecule has 1 saturated heterocycles. The Labute approximate surface area is 197 Å². The monoisotopic (exact) mass is 462 g/mol. The molecular weight excluding hydrogens is 436 g/mol. The Balaban J connectivity index is 1.18. The van der Waals surface area contributed by atoms with Gasteiger partial charge in [-0.05, 0) is 43.3 Å². The van der Waals surface area contributed by atoms with Crippen molar-refractivity contribution in [2.75, 3.05) is 45.0 Å². The summed E-state index contributed by atoms with van der Waals surface area (Å²) in [6, 6.07) is 15.1. The van der Waals surface area contributed by atoms with Crippen molar-refractivity contribution in [2.45, 2.75) is 13.0 Å². The average molecular weight is 463 g/mol. The summed E-state index contributed by atoms with van der Waals surface area (Å²) in [6.45, 7) is 4.52. The number of anilines is 1. The van der Waals surface area contributed by atoms with Gasteiger partial charge in [0.05, 0.1) is 12.8 Å². The van der Waals surface area contributed by atoms with Gasteiger partial charge in [0.1, 0.15) is 23.6 Å². The molecule has 0 aliphatic carbocycles. The van der Waals surface area contributed by atoms with Crippen LogP contribution in [0.4, 0.5) is 5.82 Å². The highest BCUT2D eigenvalue weighted by Crippen LogP contribution is 2.35. The van der Waals surface area contributed by atoms with Gasteiger partial charge >= 0.3 is 0 Å². The second-order valence-electron chi connectivity index (χ2n) is 8.08. The number of nitrogens with zero attached hydrogens (tertiary/aromatic N) is 4. The van der Waals surface area contributed by atoms with E-state index in [2.05, 4.69) is 14.9 Å². The van der Waals surface area contributed by atoms with Crippen molar-refractivity contribution in [3.63, 3.8) is 0 Å². The van der Waals surface area contributed by atoms with Crippen molar-refractivity contribution in [1.82, 2.24) is 14.9 Å². The maximum atomic E-state index is 13.0. The smallest absolute Gasteiger partial charge is 0.263 e.